The van der Waals surface area contributed by atoms with Crippen LogP contribution in [0.5, 0.6) is 0 Å². The summed E-state index contributed by atoms with van der Waals surface area (Å²) in [4.78, 5) is 46.4. The van der Waals surface area contributed by atoms with Gasteiger partial charge >= 0.3 is 11.9 Å². The molecule has 10 nitrogen and oxygen atoms in total. The summed E-state index contributed by atoms with van der Waals surface area (Å²) in [5.41, 5.74) is 3.49. The lowest BCUT2D eigenvalue weighted by Crippen LogP contribution is -2.19. The predicted octanol–water partition coefficient (Wildman–Crippen LogP) is 2.16. The van der Waals surface area contributed by atoms with Gasteiger partial charge in [0, 0.05) is 11.8 Å². The summed E-state index contributed by atoms with van der Waals surface area (Å²) in [5, 5.41) is 0. The number of fused-ring (bicyclic) bond motifs is 2. The van der Waals surface area contributed by atoms with Crippen molar-refractivity contribution < 1.29 is 18.0 Å². The molecule has 4 N–H and O–H groups in total. The van der Waals surface area contributed by atoms with E-state index in [1.54, 1.807) is 6.07 Å². The molecule has 1 aromatic carbocycles. The molecule has 5 aromatic rings. The van der Waals surface area contributed by atoms with E-state index in [1.165, 1.54) is 24.7 Å². The molecule has 4 heterocycles. The van der Waals surface area contributed by atoms with Crippen LogP contribution in [-0.2, 0) is 6.18 Å². The molecule has 1 amide bonds. The summed E-state index contributed by atoms with van der Waals surface area (Å²) in [6, 6.07) is 6.12. The molecule has 0 aliphatic heterocycles. The third-order valence-electron chi connectivity index (χ3n) is 4.75. The van der Waals surface area contributed by atoms with E-state index in [1.807, 2.05) is 0 Å². The quantitative estimate of drug-likeness (QED) is 0.392. The molecule has 0 bridgehead atoms. The Kier molecular flexibility index (Phi) is 4.08. The fraction of sp³-hybridized carbons (Fsp3) is 0.0526. The van der Waals surface area contributed by atoms with Gasteiger partial charge in [-0.05, 0) is 18.2 Å². The third kappa shape index (κ3) is 2.98. The molecule has 0 atom stereocenters. The first-order chi connectivity index (χ1) is 15.2. The summed E-state index contributed by atoms with van der Waals surface area (Å²) in [7, 11) is 0. The van der Waals surface area contributed by atoms with E-state index >= 15 is 0 Å². The fourth-order valence-electron chi connectivity index (χ4n) is 3.38. The van der Waals surface area contributed by atoms with Crippen LogP contribution in [0.1, 0.15) is 16.1 Å². The lowest BCUT2D eigenvalue weighted by Gasteiger charge is -2.13. The van der Waals surface area contributed by atoms with E-state index in [0.29, 0.717) is 16.7 Å². The number of nitrogens with two attached hydrogens (primary N) is 1. The van der Waals surface area contributed by atoms with Crippen LogP contribution in [-0.4, -0.2) is 40.4 Å². The van der Waals surface area contributed by atoms with Crippen LogP contribution in [0.2, 0.25) is 0 Å². The minimum atomic E-state index is -4.74. The topological polar surface area (TPSA) is 148 Å². The van der Waals surface area contributed by atoms with Crippen molar-refractivity contribution in [2.45, 2.75) is 6.18 Å². The maximum Gasteiger partial charge on any atom is 0.418 e. The summed E-state index contributed by atoms with van der Waals surface area (Å²) < 4.78 is 41.5. The highest BCUT2D eigenvalue weighted by Gasteiger charge is 2.35. The third-order valence-corrected chi connectivity index (χ3v) is 4.75. The molecule has 0 unspecified atom stereocenters. The zero-order chi connectivity index (χ0) is 22.6. The molecule has 5 rings (SSSR count). The van der Waals surface area contributed by atoms with Crippen LogP contribution < -0.4 is 11.4 Å². The number of aromatic nitrogens is 7. The highest BCUT2D eigenvalue weighted by atomic mass is 19.4. The first kappa shape index (κ1) is 19.4. The average Bonchev–Trinajstić information content (AvgIpc) is 3.34. The van der Waals surface area contributed by atoms with Crippen molar-refractivity contribution in [1.82, 2.24) is 34.5 Å². The van der Waals surface area contributed by atoms with E-state index in [4.69, 9.17) is 5.73 Å². The Morgan fingerprint density at radius 1 is 1.12 bits per heavy atom. The second-order valence-corrected chi connectivity index (χ2v) is 6.74. The SMILES string of the molecule is NC(=O)c1nc(-c2cnc3nc[nH]c3c2)nc2c1[nH]c(=O)n2-c1ccccc1C(F)(F)F. The summed E-state index contributed by atoms with van der Waals surface area (Å²) in [6.07, 6.45) is -1.93. The molecular formula is C19H11F3N8O2. The van der Waals surface area contributed by atoms with Crippen molar-refractivity contribution in [1.29, 1.82) is 0 Å². The molecule has 0 spiro atoms. The van der Waals surface area contributed by atoms with Crippen molar-refractivity contribution in [3.8, 4) is 17.1 Å². The van der Waals surface area contributed by atoms with Gasteiger partial charge in [0.25, 0.3) is 5.91 Å². The molecule has 32 heavy (non-hydrogen) atoms. The van der Waals surface area contributed by atoms with Crippen molar-refractivity contribution in [2.24, 2.45) is 5.73 Å². The number of benzene rings is 1. The van der Waals surface area contributed by atoms with Crippen molar-refractivity contribution in [3.05, 3.63) is 64.6 Å². The summed E-state index contributed by atoms with van der Waals surface area (Å²) in [6.45, 7) is 0. The number of alkyl halides is 3. The van der Waals surface area contributed by atoms with Gasteiger partial charge in [-0.1, -0.05) is 12.1 Å². The van der Waals surface area contributed by atoms with Gasteiger partial charge in [-0.15, -0.1) is 0 Å². The van der Waals surface area contributed by atoms with Crippen molar-refractivity contribution in [3.63, 3.8) is 0 Å². The number of rotatable bonds is 3. The number of imidazole rings is 2. The number of aromatic amines is 2. The van der Waals surface area contributed by atoms with Crippen molar-refractivity contribution >= 4 is 28.2 Å². The lowest BCUT2D eigenvalue weighted by atomic mass is 10.1. The second-order valence-electron chi connectivity index (χ2n) is 6.74. The zero-order valence-corrected chi connectivity index (χ0v) is 15.8. The Bertz CT molecular complexity index is 1580. The highest BCUT2D eigenvalue weighted by molar-refractivity contribution is 6.02. The van der Waals surface area contributed by atoms with E-state index < -0.39 is 29.0 Å². The molecule has 0 saturated heterocycles. The lowest BCUT2D eigenvalue weighted by molar-refractivity contribution is -0.137. The zero-order valence-electron chi connectivity index (χ0n) is 15.8. The standard InChI is InChI=1S/C19H11F3N8O2/c20-19(21,22)9-3-1-2-4-11(9)30-17-13(28-18(30)32)12(14(23)31)27-15(29-17)8-5-10-16(24-6-8)26-7-25-10/h1-7H,(H2,23,31)(H,28,32)(H,24,25,26). The number of para-hydroxylation sites is 1. The van der Waals surface area contributed by atoms with Crippen LogP contribution in [0, 0.1) is 0 Å². The summed E-state index contributed by atoms with van der Waals surface area (Å²) in [5.74, 6) is -1.06. The number of H-pyrrole nitrogens is 2. The van der Waals surface area contributed by atoms with Gasteiger partial charge in [-0.3, -0.25) is 4.79 Å². The smallest absolute Gasteiger partial charge is 0.364 e. The Labute approximate surface area is 175 Å². The number of hydrogen-bond donors (Lipinski definition) is 3. The Morgan fingerprint density at radius 3 is 2.66 bits per heavy atom. The minimum Gasteiger partial charge on any atom is -0.364 e. The molecule has 0 aliphatic rings. The number of hydrogen-bond acceptors (Lipinski definition) is 6. The first-order valence-corrected chi connectivity index (χ1v) is 9.02. The molecule has 13 heteroatoms. The normalized spacial score (nSPS) is 12.0. The van der Waals surface area contributed by atoms with Gasteiger partial charge in [-0.2, -0.15) is 13.2 Å². The van der Waals surface area contributed by atoms with E-state index in [-0.39, 0.29) is 22.7 Å². The Balaban J connectivity index is 1.84. The fourth-order valence-corrected chi connectivity index (χ4v) is 3.38. The number of carbonyl (C=O) groups is 1. The largest absolute Gasteiger partial charge is 0.418 e. The van der Waals surface area contributed by atoms with Gasteiger partial charge in [-0.25, -0.2) is 29.3 Å². The number of pyridine rings is 1. The van der Waals surface area contributed by atoms with Crippen LogP contribution in [0.15, 0.2) is 47.7 Å². The van der Waals surface area contributed by atoms with Gasteiger partial charge in [0.15, 0.2) is 22.8 Å². The molecule has 0 radical (unpaired) electrons. The van der Waals surface area contributed by atoms with E-state index in [9.17, 15) is 22.8 Å². The Hall–Kier alpha value is -4.55. The number of nitrogens with one attached hydrogen (secondary N) is 2. The summed E-state index contributed by atoms with van der Waals surface area (Å²) >= 11 is 0. The molecule has 160 valence electrons. The number of halogens is 3. The minimum absolute atomic E-state index is 0.0625. The van der Waals surface area contributed by atoms with Gasteiger partial charge in [0.05, 0.1) is 23.1 Å². The molecule has 0 fully saturated rings. The van der Waals surface area contributed by atoms with Crippen LogP contribution in [0.3, 0.4) is 0 Å². The number of nitrogens with zero attached hydrogens (tertiary/aromatic N) is 5. The average molecular weight is 440 g/mol. The second kappa shape index (κ2) is 6.73. The predicted molar refractivity (Wildman–Crippen MR) is 106 cm³/mol. The number of amides is 1. The van der Waals surface area contributed by atoms with Gasteiger partial charge in [0.1, 0.15) is 5.52 Å². The monoisotopic (exact) mass is 440 g/mol. The van der Waals surface area contributed by atoms with Gasteiger partial charge < -0.3 is 15.7 Å². The number of carbonyl (C=O) groups excluding carboxylic acids is 1. The van der Waals surface area contributed by atoms with Gasteiger partial charge in [0.2, 0.25) is 0 Å². The Morgan fingerprint density at radius 2 is 1.91 bits per heavy atom. The molecule has 4 aromatic heterocycles. The highest BCUT2D eigenvalue weighted by Crippen LogP contribution is 2.34. The first-order valence-electron chi connectivity index (χ1n) is 9.02. The molecular weight excluding hydrogens is 429 g/mol. The van der Waals surface area contributed by atoms with E-state index in [0.717, 1.165) is 16.7 Å². The number of primary amides is 1. The van der Waals surface area contributed by atoms with Crippen LogP contribution in [0.4, 0.5) is 13.2 Å². The maximum absolute atomic E-state index is 13.6. The van der Waals surface area contributed by atoms with Crippen LogP contribution >= 0.6 is 0 Å². The van der Waals surface area contributed by atoms with Crippen molar-refractivity contribution in [2.75, 3.05) is 0 Å². The maximum atomic E-state index is 13.6. The van der Waals surface area contributed by atoms with E-state index in [2.05, 4.69) is 29.9 Å². The molecule has 0 aliphatic carbocycles. The van der Waals surface area contributed by atoms with Crippen LogP contribution in [0.25, 0.3) is 39.4 Å². The molecule has 0 saturated carbocycles.